The average molecular weight is 480 g/mol. The lowest BCUT2D eigenvalue weighted by molar-refractivity contribution is -0.191. The first-order valence-electron chi connectivity index (χ1n) is 11.5. The van der Waals surface area contributed by atoms with Crippen LogP contribution >= 0.6 is 0 Å². The molecular weight excluding hydrogens is 446 g/mol. The fourth-order valence-corrected chi connectivity index (χ4v) is 4.74. The number of phenolic OH excluding ortho intramolecular Hbond substituents is 1. The molecule has 0 radical (unpaired) electrons. The number of nitrogens with zero attached hydrogens (tertiary/aromatic N) is 1. The van der Waals surface area contributed by atoms with Crippen molar-refractivity contribution in [3.8, 4) is 11.5 Å². The molecule has 1 atom stereocenters. The minimum Gasteiger partial charge on any atom is -0.504 e. The molecular formula is C28H33NO6. The lowest BCUT2D eigenvalue weighted by Crippen LogP contribution is -2.48. The second-order valence-electron chi connectivity index (χ2n) is 10.5. The van der Waals surface area contributed by atoms with Crippen LogP contribution in [0.5, 0.6) is 11.5 Å². The Hall–Kier alpha value is -3.21. The molecule has 1 saturated heterocycles. The van der Waals surface area contributed by atoms with Gasteiger partial charge < -0.3 is 24.1 Å². The smallest absolute Gasteiger partial charge is 0.226 e. The number of carbonyl (C=O) groups is 2. The van der Waals surface area contributed by atoms with Crippen LogP contribution in [0.15, 0.2) is 48.2 Å². The number of ketones is 2. The largest absolute Gasteiger partial charge is 0.504 e. The number of Topliss-reactive ketones (excluding diaryl/α,β-unsaturated/α-hetero) is 1. The van der Waals surface area contributed by atoms with E-state index in [4.69, 9.17) is 20.8 Å². The zero-order valence-electron chi connectivity index (χ0n) is 21.2. The standard InChI is InChI=1S/C28H33NO6/c1-25(2)18-27(5,17-20(29-6)24(25)32)12-11-23(31)26(3,4)28(34-14-15-35-28)13-10-19-8-9-21(30)22(16-19)33-7/h8-13,16-17,30H,14-15,18H2,1-5,7H3/b12-11+,13-10+/t27-/m0/s1. The van der Waals surface area contributed by atoms with Gasteiger partial charge in [-0.05, 0) is 55.5 Å². The van der Waals surface area contributed by atoms with E-state index in [2.05, 4.69) is 4.85 Å². The van der Waals surface area contributed by atoms with E-state index >= 15 is 0 Å². The highest BCUT2D eigenvalue weighted by molar-refractivity contribution is 6.02. The van der Waals surface area contributed by atoms with Crippen LogP contribution in [0.25, 0.3) is 10.9 Å². The highest BCUT2D eigenvalue weighted by Crippen LogP contribution is 2.45. The summed E-state index contributed by atoms with van der Waals surface area (Å²) in [4.78, 5) is 29.4. The van der Waals surface area contributed by atoms with Gasteiger partial charge in [-0.15, -0.1) is 0 Å². The minimum absolute atomic E-state index is 0.0323. The van der Waals surface area contributed by atoms with Gasteiger partial charge in [-0.2, -0.15) is 0 Å². The molecule has 1 fully saturated rings. The number of hydrogen-bond acceptors (Lipinski definition) is 6. The van der Waals surface area contributed by atoms with Crippen molar-refractivity contribution in [3.05, 3.63) is 65.2 Å². The Morgan fingerprint density at radius 3 is 2.46 bits per heavy atom. The van der Waals surface area contributed by atoms with Gasteiger partial charge in [-0.25, -0.2) is 4.85 Å². The molecule has 1 N–H and O–H groups in total. The molecule has 2 aliphatic rings. The van der Waals surface area contributed by atoms with E-state index < -0.39 is 22.0 Å². The summed E-state index contributed by atoms with van der Waals surface area (Å²) in [7, 11) is 1.47. The van der Waals surface area contributed by atoms with Gasteiger partial charge in [-0.3, -0.25) is 4.79 Å². The van der Waals surface area contributed by atoms with Crippen molar-refractivity contribution >= 4 is 17.6 Å². The normalized spacial score (nSPS) is 23.9. The topological polar surface area (TPSA) is 86.4 Å². The van der Waals surface area contributed by atoms with Crippen LogP contribution in [-0.4, -0.2) is 42.8 Å². The second kappa shape index (κ2) is 9.44. The first kappa shape index (κ1) is 26.4. The Kier molecular flexibility index (Phi) is 7.12. The number of hydrogen-bond donors (Lipinski definition) is 1. The predicted molar refractivity (Wildman–Crippen MR) is 132 cm³/mol. The Morgan fingerprint density at radius 2 is 1.86 bits per heavy atom. The van der Waals surface area contributed by atoms with E-state index in [0.717, 1.165) is 5.56 Å². The van der Waals surface area contributed by atoms with Gasteiger partial charge in [0.1, 0.15) is 0 Å². The maximum absolute atomic E-state index is 13.5. The van der Waals surface area contributed by atoms with Gasteiger partial charge in [0.2, 0.25) is 11.5 Å². The summed E-state index contributed by atoms with van der Waals surface area (Å²) < 4.78 is 17.1. The van der Waals surface area contributed by atoms with Gasteiger partial charge in [0.05, 0.1) is 32.3 Å². The number of carbonyl (C=O) groups excluding carboxylic acids is 2. The molecule has 0 aromatic heterocycles. The first-order valence-corrected chi connectivity index (χ1v) is 11.5. The number of benzene rings is 1. The molecule has 0 bridgehead atoms. The van der Waals surface area contributed by atoms with Crippen molar-refractivity contribution in [2.24, 2.45) is 16.2 Å². The molecule has 7 heteroatoms. The van der Waals surface area contributed by atoms with Crippen molar-refractivity contribution in [3.63, 3.8) is 0 Å². The number of allylic oxidation sites excluding steroid dienone is 4. The summed E-state index contributed by atoms with van der Waals surface area (Å²) in [6.45, 7) is 17.2. The number of ether oxygens (including phenoxy) is 3. The molecule has 1 aliphatic heterocycles. The molecule has 3 rings (SSSR count). The highest BCUT2D eigenvalue weighted by atomic mass is 16.7. The summed E-state index contributed by atoms with van der Waals surface area (Å²) in [6, 6.07) is 4.93. The number of aromatic hydroxyl groups is 1. The molecule has 1 aromatic carbocycles. The summed E-state index contributed by atoms with van der Waals surface area (Å²) in [5.41, 5.74) is -1.55. The average Bonchev–Trinajstić information content (AvgIpc) is 3.30. The molecule has 1 aromatic rings. The summed E-state index contributed by atoms with van der Waals surface area (Å²) in [6.07, 6.45) is 8.91. The fraction of sp³-hybridized carbons (Fsp3) is 0.464. The third-order valence-electron chi connectivity index (χ3n) is 6.77. The Bertz CT molecular complexity index is 1140. The molecule has 7 nitrogen and oxygen atoms in total. The second-order valence-corrected chi connectivity index (χ2v) is 10.5. The molecule has 0 spiro atoms. The highest BCUT2D eigenvalue weighted by Gasteiger charge is 2.52. The zero-order valence-corrected chi connectivity index (χ0v) is 21.2. The Balaban J connectivity index is 1.90. The monoisotopic (exact) mass is 479 g/mol. The number of phenols is 1. The van der Waals surface area contributed by atoms with E-state index in [-0.39, 0.29) is 23.0 Å². The van der Waals surface area contributed by atoms with Crippen molar-refractivity contribution in [2.45, 2.75) is 46.8 Å². The Labute approximate surface area is 206 Å². The zero-order chi connectivity index (χ0) is 26.1. The minimum atomic E-state index is -1.29. The van der Waals surface area contributed by atoms with Crippen LogP contribution in [-0.2, 0) is 19.1 Å². The molecule has 0 saturated carbocycles. The number of rotatable bonds is 7. The molecule has 0 unspecified atom stereocenters. The van der Waals surface area contributed by atoms with Gasteiger partial charge in [0.15, 0.2) is 23.1 Å². The maximum atomic E-state index is 13.5. The molecule has 1 aliphatic carbocycles. The molecule has 0 amide bonds. The van der Waals surface area contributed by atoms with Crippen LogP contribution in [0.1, 0.15) is 46.6 Å². The summed E-state index contributed by atoms with van der Waals surface area (Å²) >= 11 is 0. The summed E-state index contributed by atoms with van der Waals surface area (Å²) in [5.74, 6) is -1.31. The van der Waals surface area contributed by atoms with Gasteiger partial charge in [0, 0.05) is 5.41 Å². The molecule has 35 heavy (non-hydrogen) atoms. The number of methoxy groups -OCH3 is 1. The van der Waals surface area contributed by atoms with Crippen LogP contribution in [0.3, 0.4) is 0 Å². The van der Waals surface area contributed by atoms with Gasteiger partial charge >= 0.3 is 0 Å². The summed E-state index contributed by atoms with van der Waals surface area (Å²) in [5, 5.41) is 9.84. The van der Waals surface area contributed by atoms with E-state index in [1.807, 2.05) is 20.8 Å². The van der Waals surface area contributed by atoms with Gasteiger partial charge in [0.25, 0.3) is 0 Å². The molecule has 1 heterocycles. The lowest BCUT2D eigenvalue weighted by atomic mass is 9.66. The quantitative estimate of drug-likeness (QED) is 0.432. The predicted octanol–water partition coefficient (Wildman–Crippen LogP) is 5.12. The van der Waals surface area contributed by atoms with Gasteiger partial charge in [-0.1, -0.05) is 45.1 Å². The van der Waals surface area contributed by atoms with Crippen LogP contribution in [0.4, 0.5) is 0 Å². The van der Waals surface area contributed by atoms with Crippen molar-refractivity contribution < 1.29 is 28.9 Å². The Morgan fingerprint density at radius 1 is 1.20 bits per heavy atom. The third kappa shape index (κ3) is 5.09. The SMILES string of the molecule is [C-]#[N+]C1=C[C@](C)(/C=C/C(=O)C(C)(C)C2(/C=C/c3ccc(O)c(OC)c3)OCCO2)CC(C)(C)C1=O. The van der Waals surface area contributed by atoms with Crippen LogP contribution in [0.2, 0.25) is 0 Å². The van der Waals surface area contributed by atoms with E-state index in [9.17, 15) is 14.7 Å². The first-order chi connectivity index (χ1) is 16.3. The van der Waals surface area contributed by atoms with Crippen LogP contribution < -0.4 is 4.74 Å². The fourth-order valence-electron chi connectivity index (χ4n) is 4.74. The van der Waals surface area contributed by atoms with Crippen molar-refractivity contribution in [1.82, 2.24) is 0 Å². The molecule has 186 valence electrons. The maximum Gasteiger partial charge on any atom is 0.226 e. The van der Waals surface area contributed by atoms with E-state index in [1.165, 1.54) is 19.3 Å². The van der Waals surface area contributed by atoms with Crippen molar-refractivity contribution in [2.75, 3.05) is 20.3 Å². The van der Waals surface area contributed by atoms with Crippen molar-refractivity contribution in [1.29, 1.82) is 0 Å². The van der Waals surface area contributed by atoms with E-state index in [0.29, 0.717) is 25.4 Å². The third-order valence-corrected chi connectivity index (χ3v) is 6.77. The lowest BCUT2D eigenvalue weighted by Gasteiger charge is -2.39. The van der Waals surface area contributed by atoms with E-state index in [1.54, 1.807) is 50.3 Å². The van der Waals surface area contributed by atoms with Crippen LogP contribution in [0, 0.1) is 22.8 Å².